The van der Waals surface area contributed by atoms with Gasteiger partial charge in [-0.3, -0.25) is 4.79 Å². The largest absolute Gasteiger partial charge is 0.394 e. The lowest BCUT2D eigenvalue weighted by molar-refractivity contribution is 0.0924. The van der Waals surface area contributed by atoms with E-state index in [-0.39, 0.29) is 18.6 Å². The van der Waals surface area contributed by atoms with Gasteiger partial charge in [-0.1, -0.05) is 11.6 Å². The smallest absolute Gasteiger partial charge is 0.257 e. The number of hydrogen-bond acceptors (Lipinski definition) is 5. The van der Waals surface area contributed by atoms with Gasteiger partial charge in [0.15, 0.2) is 5.65 Å². The van der Waals surface area contributed by atoms with Crippen LogP contribution >= 0.6 is 11.6 Å². The van der Waals surface area contributed by atoms with Crippen LogP contribution in [0.3, 0.4) is 0 Å². The van der Waals surface area contributed by atoms with E-state index in [4.69, 9.17) is 16.7 Å². The molecule has 0 bridgehead atoms. The summed E-state index contributed by atoms with van der Waals surface area (Å²) in [5, 5.41) is 19.4. The second kappa shape index (κ2) is 4.92. The number of nitrogens with zero attached hydrogens (tertiary/aromatic N) is 3. The third kappa shape index (κ3) is 1.99. The van der Waals surface area contributed by atoms with Crippen LogP contribution in [0, 0.1) is 0 Å². The zero-order chi connectivity index (χ0) is 14.3. The van der Waals surface area contributed by atoms with Crippen LogP contribution in [0.4, 0.5) is 5.82 Å². The molecule has 0 fully saturated rings. The van der Waals surface area contributed by atoms with Gasteiger partial charge in [0.25, 0.3) is 5.91 Å². The Labute approximate surface area is 119 Å². The van der Waals surface area contributed by atoms with E-state index >= 15 is 0 Å². The number of aromatic nitrogens is 3. The maximum atomic E-state index is 12.1. The molecule has 0 saturated carbocycles. The Balaban J connectivity index is 2.06. The first-order chi connectivity index (χ1) is 9.61. The lowest BCUT2D eigenvalue weighted by Gasteiger charge is -2.10. The lowest BCUT2D eigenvalue weighted by atomic mass is 10.2. The minimum Gasteiger partial charge on any atom is -0.394 e. The number of anilines is 1. The summed E-state index contributed by atoms with van der Waals surface area (Å²) < 4.78 is 1.59. The Bertz CT molecular complexity index is 684. The fraction of sp³-hybridized carbons (Fsp3) is 0.417. The standard InChI is InChI=1S/C12H14ClN5O2/c1-6(5-19)16-12(20)8-4-15-18-10-7(2-3-14-10)9(13)17-11(8)18/h4,6,14,19H,2-3,5H2,1H3,(H,16,20)/t6-/m1/s1. The predicted molar refractivity (Wildman–Crippen MR) is 74.2 cm³/mol. The molecule has 7 nitrogen and oxygen atoms in total. The second-order valence-corrected chi connectivity index (χ2v) is 5.12. The van der Waals surface area contributed by atoms with E-state index in [1.807, 2.05) is 0 Å². The minimum atomic E-state index is -0.333. The Hall–Kier alpha value is -1.86. The zero-order valence-corrected chi connectivity index (χ0v) is 11.6. The van der Waals surface area contributed by atoms with Crippen molar-refractivity contribution < 1.29 is 9.90 Å². The van der Waals surface area contributed by atoms with Crippen LogP contribution in [0.2, 0.25) is 5.15 Å². The molecule has 1 atom stereocenters. The SMILES string of the molecule is C[C@H](CO)NC(=O)c1cnn2c3c(c(Cl)nc12)CCN3. The van der Waals surface area contributed by atoms with Gasteiger partial charge in [-0.25, -0.2) is 4.98 Å². The number of nitrogens with one attached hydrogen (secondary N) is 2. The number of fused-ring (bicyclic) bond motifs is 3. The van der Waals surface area contributed by atoms with Crippen molar-refractivity contribution in [3.05, 3.63) is 22.5 Å². The van der Waals surface area contributed by atoms with E-state index in [1.165, 1.54) is 6.20 Å². The van der Waals surface area contributed by atoms with E-state index in [1.54, 1.807) is 11.4 Å². The third-order valence-electron chi connectivity index (χ3n) is 3.26. The average molecular weight is 296 g/mol. The number of hydrogen-bond donors (Lipinski definition) is 3. The van der Waals surface area contributed by atoms with Gasteiger partial charge in [-0.2, -0.15) is 9.61 Å². The molecule has 3 N–H and O–H groups in total. The highest BCUT2D eigenvalue weighted by Crippen LogP contribution is 2.29. The highest BCUT2D eigenvalue weighted by Gasteiger charge is 2.23. The normalized spacial score (nSPS) is 14.9. The number of carbonyl (C=O) groups excluding carboxylic acids is 1. The number of carbonyl (C=O) groups is 1. The highest BCUT2D eigenvalue weighted by atomic mass is 35.5. The van der Waals surface area contributed by atoms with Gasteiger partial charge in [0.05, 0.1) is 12.8 Å². The molecule has 2 aromatic heterocycles. The van der Waals surface area contributed by atoms with Gasteiger partial charge >= 0.3 is 0 Å². The fourth-order valence-corrected chi connectivity index (χ4v) is 2.48. The minimum absolute atomic E-state index is 0.129. The average Bonchev–Trinajstić information content (AvgIpc) is 3.04. The molecule has 0 radical (unpaired) electrons. The van der Waals surface area contributed by atoms with Crippen LogP contribution in [0.1, 0.15) is 22.8 Å². The van der Waals surface area contributed by atoms with Crippen LogP contribution < -0.4 is 10.6 Å². The van der Waals surface area contributed by atoms with Gasteiger partial charge < -0.3 is 15.7 Å². The Morgan fingerprint density at radius 2 is 2.50 bits per heavy atom. The van der Waals surface area contributed by atoms with Gasteiger partial charge in [0.2, 0.25) is 0 Å². The van der Waals surface area contributed by atoms with Crippen molar-refractivity contribution in [1.82, 2.24) is 19.9 Å². The summed E-state index contributed by atoms with van der Waals surface area (Å²) in [7, 11) is 0. The van der Waals surface area contributed by atoms with Crippen molar-refractivity contribution in [3.63, 3.8) is 0 Å². The molecule has 20 heavy (non-hydrogen) atoms. The number of halogens is 1. The van der Waals surface area contributed by atoms with Crippen molar-refractivity contribution in [2.75, 3.05) is 18.5 Å². The van der Waals surface area contributed by atoms with Crippen molar-refractivity contribution in [3.8, 4) is 0 Å². The molecule has 3 heterocycles. The van der Waals surface area contributed by atoms with Gasteiger partial charge in [-0.05, 0) is 13.3 Å². The summed E-state index contributed by atoms with van der Waals surface area (Å²) in [6, 6.07) is -0.333. The van der Waals surface area contributed by atoms with Crippen molar-refractivity contribution in [2.45, 2.75) is 19.4 Å². The summed E-state index contributed by atoms with van der Waals surface area (Å²) in [5.41, 5.74) is 1.66. The number of aliphatic hydroxyl groups excluding tert-OH is 1. The van der Waals surface area contributed by atoms with E-state index in [0.29, 0.717) is 16.4 Å². The highest BCUT2D eigenvalue weighted by molar-refractivity contribution is 6.30. The second-order valence-electron chi connectivity index (χ2n) is 4.76. The molecule has 1 aliphatic rings. The first kappa shape index (κ1) is 13.1. The fourth-order valence-electron chi connectivity index (χ4n) is 2.22. The van der Waals surface area contributed by atoms with Crippen LogP contribution in [-0.4, -0.2) is 44.8 Å². The Morgan fingerprint density at radius 3 is 3.25 bits per heavy atom. The Kier molecular flexibility index (Phi) is 3.23. The third-order valence-corrected chi connectivity index (χ3v) is 3.57. The van der Waals surface area contributed by atoms with Crippen LogP contribution in [0.15, 0.2) is 6.20 Å². The maximum Gasteiger partial charge on any atom is 0.257 e. The molecule has 3 rings (SSSR count). The molecular weight excluding hydrogens is 282 g/mol. The summed E-state index contributed by atoms with van der Waals surface area (Å²) in [5.74, 6) is 0.456. The summed E-state index contributed by atoms with van der Waals surface area (Å²) in [6.45, 7) is 2.36. The molecule has 0 spiro atoms. The molecule has 1 amide bonds. The van der Waals surface area contributed by atoms with E-state index in [9.17, 15) is 4.79 Å². The number of aliphatic hydroxyl groups is 1. The molecule has 1 aliphatic heterocycles. The van der Waals surface area contributed by atoms with Gasteiger partial charge in [-0.15, -0.1) is 0 Å². The van der Waals surface area contributed by atoms with Crippen molar-refractivity contribution in [1.29, 1.82) is 0 Å². The quantitative estimate of drug-likeness (QED) is 0.716. The predicted octanol–water partition coefficient (Wildman–Crippen LogP) is 0.461. The molecule has 2 aromatic rings. The molecule has 106 valence electrons. The molecule has 0 aromatic carbocycles. The molecule has 0 unspecified atom stereocenters. The molecular formula is C12H14ClN5O2. The topological polar surface area (TPSA) is 91.5 Å². The van der Waals surface area contributed by atoms with E-state index in [0.717, 1.165) is 24.3 Å². The van der Waals surface area contributed by atoms with Gasteiger partial charge in [0.1, 0.15) is 16.5 Å². The molecule has 8 heteroatoms. The van der Waals surface area contributed by atoms with Crippen LogP contribution in [0.25, 0.3) is 5.65 Å². The van der Waals surface area contributed by atoms with Crippen LogP contribution in [0.5, 0.6) is 0 Å². The van der Waals surface area contributed by atoms with Crippen molar-refractivity contribution in [2.24, 2.45) is 0 Å². The molecule has 0 aliphatic carbocycles. The summed E-state index contributed by atoms with van der Waals surface area (Å²) >= 11 is 6.15. The van der Waals surface area contributed by atoms with Gasteiger partial charge in [0, 0.05) is 18.2 Å². The van der Waals surface area contributed by atoms with Crippen molar-refractivity contribution >= 4 is 29.0 Å². The zero-order valence-electron chi connectivity index (χ0n) is 10.9. The first-order valence-electron chi connectivity index (χ1n) is 6.33. The monoisotopic (exact) mass is 295 g/mol. The van der Waals surface area contributed by atoms with Crippen LogP contribution in [-0.2, 0) is 6.42 Å². The number of rotatable bonds is 3. The van der Waals surface area contributed by atoms with E-state index < -0.39 is 0 Å². The Morgan fingerprint density at radius 1 is 1.70 bits per heavy atom. The number of amides is 1. The molecule has 0 saturated heterocycles. The first-order valence-corrected chi connectivity index (χ1v) is 6.71. The summed E-state index contributed by atoms with van der Waals surface area (Å²) in [6.07, 6.45) is 2.25. The maximum absolute atomic E-state index is 12.1. The summed E-state index contributed by atoms with van der Waals surface area (Å²) in [4.78, 5) is 16.4. The lowest BCUT2D eigenvalue weighted by Crippen LogP contribution is -2.35. The van der Waals surface area contributed by atoms with E-state index in [2.05, 4.69) is 20.7 Å².